The lowest BCUT2D eigenvalue weighted by Gasteiger charge is -2.22. The number of rotatable bonds is 7. The van der Waals surface area contributed by atoms with Crippen LogP contribution in [0.15, 0.2) is 18.2 Å². The molecule has 0 spiro atoms. The van der Waals surface area contributed by atoms with Crippen molar-refractivity contribution in [2.24, 2.45) is 0 Å². The summed E-state index contributed by atoms with van der Waals surface area (Å²) in [5.74, 6) is 1.16. The lowest BCUT2D eigenvalue weighted by atomic mass is 10.1. The molecule has 118 valence electrons. The van der Waals surface area contributed by atoms with Crippen LogP contribution < -0.4 is 14.8 Å². The van der Waals surface area contributed by atoms with Gasteiger partial charge in [-0.25, -0.2) is 0 Å². The number of nitrogens with one attached hydrogen (secondary N) is 1. The maximum absolute atomic E-state index is 11.1. The number of benzene rings is 1. The molecule has 5 heteroatoms. The van der Waals surface area contributed by atoms with Crippen LogP contribution in [0.3, 0.4) is 0 Å². The molecule has 1 N–H and O–H groups in total. The molecule has 1 rings (SSSR count). The Bertz CT molecular complexity index is 466. The Labute approximate surface area is 126 Å². The van der Waals surface area contributed by atoms with Gasteiger partial charge in [-0.1, -0.05) is 6.07 Å². The van der Waals surface area contributed by atoms with E-state index in [1.165, 1.54) is 7.11 Å². The predicted octanol–water partition coefficient (Wildman–Crippen LogP) is 2.53. The molecule has 1 aromatic rings. The first kappa shape index (κ1) is 17.3. The molecule has 0 heterocycles. The highest BCUT2D eigenvalue weighted by Crippen LogP contribution is 2.25. The molecule has 0 saturated heterocycles. The van der Waals surface area contributed by atoms with Gasteiger partial charge in [0.1, 0.15) is 11.5 Å². The summed E-state index contributed by atoms with van der Waals surface area (Å²) in [5, 5.41) is 3.41. The number of carbonyl (C=O) groups is 1. The standard InChI is InChI=1S/C16H25NO4/c1-16(2,3)17-11-12-6-7-13(19-4)10-14(12)21-9-8-15(18)20-5/h6-7,10,17H,8-9,11H2,1-5H3. The number of carbonyl (C=O) groups excluding carboxylic acids is 1. The minimum atomic E-state index is -0.285. The quantitative estimate of drug-likeness (QED) is 0.783. The van der Waals surface area contributed by atoms with Gasteiger partial charge < -0.3 is 19.5 Å². The van der Waals surface area contributed by atoms with Gasteiger partial charge in [0.05, 0.1) is 27.2 Å². The molecule has 0 aliphatic heterocycles. The van der Waals surface area contributed by atoms with E-state index in [9.17, 15) is 4.79 Å². The molecular weight excluding hydrogens is 270 g/mol. The van der Waals surface area contributed by atoms with Gasteiger partial charge in [-0.05, 0) is 26.8 Å². The lowest BCUT2D eigenvalue weighted by Crippen LogP contribution is -2.35. The third-order valence-electron chi connectivity index (χ3n) is 2.87. The van der Waals surface area contributed by atoms with E-state index >= 15 is 0 Å². The van der Waals surface area contributed by atoms with Crippen molar-refractivity contribution in [1.82, 2.24) is 5.32 Å². The maximum atomic E-state index is 11.1. The highest BCUT2D eigenvalue weighted by atomic mass is 16.5. The number of methoxy groups -OCH3 is 2. The van der Waals surface area contributed by atoms with Crippen LogP contribution in [0.1, 0.15) is 32.8 Å². The van der Waals surface area contributed by atoms with Crippen molar-refractivity contribution in [2.45, 2.75) is 39.3 Å². The van der Waals surface area contributed by atoms with Gasteiger partial charge in [0.15, 0.2) is 0 Å². The third kappa shape index (κ3) is 6.49. The lowest BCUT2D eigenvalue weighted by molar-refractivity contribution is -0.141. The van der Waals surface area contributed by atoms with Crippen molar-refractivity contribution < 1.29 is 19.0 Å². The summed E-state index contributed by atoms with van der Waals surface area (Å²) in [7, 11) is 2.98. The minimum absolute atomic E-state index is 0.0171. The third-order valence-corrected chi connectivity index (χ3v) is 2.87. The van der Waals surface area contributed by atoms with Crippen LogP contribution in [0.2, 0.25) is 0 Å². The summed E-state index contributed by atoms with van der Waals surface area (Å²) in [6.07, 6.45) is 0.222. The highest BCUT2D eigenvalue weighted by molar-refractivity contribution is 5.69. The van der Waals surface area contributed by atoms with E-state index in [0.717, 1.165) is 17.1 Å². The molecule has 21 heavy (non-hydrogen) atoms. The Kier molecular flexibility index (Phi) is 6.49. The summed E-state index contributed by atoms with van der Waals surface area (Å²) in [5.41, 5.74) is 1.04. The summed E-state index contributed by atoms with van der Waals surface area (Å²) in [4.78, 5) is 11.1. The molecule has 5 nitrogen and oxygen atoms in total. The fourth-order valence-corrected chi connectivity index (χ4v) is 1.65. The van der Waals surface area contributed by atoms with Crippen LogP contribution in [-0.4, -0.2) is 32.3 Å². The molecule has 0 amide bonds. The monoisotopic (exact) mass is 295 g/mol. The summed E-state index contributed by atoms with van der Waals surface area (Å²) < 4.78 is 15.5. The van der Waals surface area contributed by atoms with Gasteiger partial charge in [0, 0.05) is 23.7 Å². The van der Waals surface area contributed by atoms with E-state index in [1.807, 2.05) is 18.2 Å². The van der Waals surface area contributed by atoms with Crippen LogP contribution in [0.4, 0.5) is 0 Å². The maximum Gasteiger partial charge on any atom is 0.308 e. The zero-order valence-electron chi connectivity index (χ0n) is 13.5. The van der Waals surface area contributed by atoms with Crippen LogP contribution in [-0.2, 0) is 16.1 Å². The van der Waals surface area contributed by atoms with Crippen molar-refractivity contribution in [2.75, 3.05) is 20.8 Å². The van der Waals surface area contributed by atoms with Gasteiger partial charge >= 0.3 is 5.97 Å². The zero-order chi connectivity index (χ0) is 15.9. The molecular formula is C16H25NO4. The minimum Gasteiger partial charge on any atom is -0.497 e. The average molecular weight is 295 g/mol. The molecule has 0 atom stereocenters. The Morgan fingerprint density at radius 2 is 1.95 bits per heavy atom. The van der Waals surface area contributed by atoms with Crippen LogP contribution in [0.25, 0.3) is 0 Å². The van der Waals surface area contributed by atoms with Crippen LogP contribution in [0.5, 0.6) is 11.5 Å². The smallest absolute Gasteiger partial charge is 0.308 e. The normalized spacial score (nSPS) is 11.1. The predicted molar refractivity (Wildman–Crippen MR) is 81.7 cm³/mol. The molecule has 0 saturated carbocycles. The van der Waals surface area contributed by atoms with E-state index < -0.39 is 0 Å². The van der Waals surface area contributed by atoms with Crippen LogP contribution >= 0.6 is 0 Å². The van der Waals surface area contributed by atoms with E-state index in [2.05, 4.69) is 30.8 Å². The largest absolute Gasteiger partial charge is 0.497 e. The van der Waals surface area contributed by atoms with Crippen molar-refractivity contribution >= 4 is 5.97 Å². The molecule has 0 aromatic heterocycles. The summed E-state index contributed by atoms with van der Waals surface area (Å²) >= 11 is 0. The second-order valence-electron chi connectivity index (χ2n) is 5.75. The zero-order valence-corrected chi connectivity index (χ0v) is 13.5. The molecule has 0 bridgehead atoms. The first-order valence-electron chi connectivity index (χ1n) is 6.97. The Balaban J connectivity index is 2.74. The molecule has 0 fully saturated rings. The fourth-order valence-electron chi connectivity index (χ4n) is 1.65. The number of esters is 1. The Hall–Kier alpha value is -1.75. The Morgan fingerprint density at radius 1 is 1.24 bits per heavy atom. The van der Waals surface area contributed by atoms with Gasteiger partial charge in [-0.2, -0.15) is 0 Å². The molecule has 0 radical (unpaired) electrons. The molecule has 1 aromatic carbocycles. The first-order chi connectivity index (χ1) is 9.85. The van der Waals surface area contributed by atoms with E-state index in [4.69, 9.17) is 9.47 Å². The van der Waals surface area contributed by atoms with Gasteiger partial charge in [-0.3, -0.25) is 4.79 Å². The van der Waals surface area contributed by atoms with Gasteiger partial charge in [0.2, 0.25) is 0 Å². The van der Waals surface area contributed by atoms with Gasteiger partial charge in [0.25, 0.3) is 0 Å². The van der Waals surface area contributed by atoms with Crippen LogP contribution in [0, 0.1) is 0 Å². The van der Waals surface area contributed by atoms with Crippen molar-refractivity contribution in [3.05, 3.63) is 23.8 Å². The summed E-state index contributed by atoms with van der Waals surface area (Å²) in [6, 6.07) is 5.69. The second-order valence-corrected chi connectivity index (χ2v) is 5.75. The topological polar surface area (TPSA) is 56.8 Å². The fraction of sp³-hybridized carbons (Fsp3) is 0.562. The summed E-state index contributed by atoms with van der Waals surface area (Å²) in [6.45, 7) is 7.28. The molecule has 0 unspecified atom stereocenters. The highest BCUT2D eigenvalue weighted by Gasteiger charge is 2.12. The van der Waals surface area contributed by atoms with E-state index in [-0.39, 0.29) is 24.5 Å². The number of ether oxygens (including phenoxy) is 3. The first-order valence-corrected chi connectivity index (χ1v) is 6.97. The second kappa shape index (κ2) is 7.88. The average Bonchev–Trinajstić information content (AvgIpc) is 2.44. The van der Waals surface area contributed by atoms with Crippen molar-refractivity contribution in [3.63, 3.8) is 0 Å². The van der Waals surface area contributed by atoms with Crippen molar-refractivity contribution in [1.29, 1.82) is 0 Å². The SMILES string of the molecule is COC(=O)CCOc1cc(OC)ccc1CNC(C)(C)C. The van der Waals surface area contributed by atoms with E-state index in [1.54, 1.807) is 7.11 Å². The Morgan fingerprint density at radius 3 is 2.52 bits per heavy atom. The van der Waals surface area contributed by atoms with Gasteiger partial charge in [-0.15, -0.1) is 0 Å². The molecule has 0 aliphatic rings. The molecule has 0 aliphatic carbocycles. The number of hydrogen-bond acceptors (Lipinski definition) is 5. The van der Waals surface area contributed by atoms with E-state index in [0.29, 0.717) is 6.54 Å². The number of hydrogen-bond donors (Lipinski definition) is 1. The van der Waals surface area contributed by atoms with Crippen molar-refractivity contribution in [3.8, 4) is 11.5 Å².